The molecule has 0 radical (unpaired) electrons. The smallest absolute Gasteiger partial charge is 0.397 e. The van der Waals surface area contributed by atoms with Crippen LogP contribution in [-0.2, 0) is 14.6 Å². The Hall–Kier alpha value is -2.19. The van der Waals surface area contributed by atoms with E-state index >= 15 is 0 Å². The van der Waals surface area contributed by atoms with Crippen molar-refractivity contribution in [1.82, 2.24) is 6.15 Å². The minimum atomic E-state index is -4.39. The van der Waals surface area contributed by atoms with Crippen LogP contribution in [0, 0.1) is 0 Å². The van der Waals surface area contributed by atoms with E-state index in [1.165, 1.54) is 18.4 Å². The van der Waals surface area contributed by atoms with E-state index in [4.69, 9.17) is 9.29 Å². The second kappa shape index (κ2) is 13.9. The first kappa shape index (κ1) is 25.8. The van der Waals surface area contributed by atoms with Crippen LogP contribution in [-0.4, -0.2) is 26.2 Å². The highest BCUT2D eigenvalue weighted by atomic mass is 32.3. The van der Waals surface area contributed by atoms with Crippen molar-refractivity contribution in [3.63, 3.8) is 0 Å². The van der Waals surface area contributed by atoms with E-state index in [0.717, 1.165) is 11.5 Å². The Morgan fingerprint density at radius 2 is 1.57 bits per heavy atom. The molecule has 2 aromatic rings. The van der Waals surface area contributed by atoms with Gasteiger partial charge in [0.15, 0.2) is 0 Å². The number of ether oxygens (including phenoxy) is 1. The quantitative estimate of drug-likeness (QED) is 0.431. The molecule has 0 saturated heterocycles. The molecule has 0 amide bonds. The first-order valence-corrected chi connectivity index (χ1v) is 10.3. The summed E-state index contributed by atoms with van der Waals surface area (Å²) >= 11 is 0. The van der Waals surface area contributed by atoms with Crippen molar-refractivity contribution < 1.29 is 21.9 Å². The van der Waals surface area contributed by atoms with Crippen LogP contribution in [0.4, 0.5) is 0 Å². The minimum Gasteiger partial charge on any atom is -0.491 e. The number of hydrogen-bond acceptors (Lipinski definition) is 5. The molecule has 0 spiro atoms. The molecular weight excluding hydrogens is 378 g/mol. The zero-order chi connectivity index (χ0) is 20.1. The second-order valence-electron chi connectivity index (χ2n) is 5.76. The molecule has 0 saturated carbocycles. The third-order valence-electron chi connectivity index (χ3n) is 3.97. The van der Waals surface area contributed by atoms with E-state index in [-0.39, 0.29) is 19.4 Å². The van der Waals surface area contributed by atoms with Gasteiger partial charge in [0, 0.05) is 5.56 Å². The second-order valence-corrected chi connectivity index (χ2v) is 6.86. The van der Waals surface area contributed by atoms with Gasteiger partial charge in [-0.3, -0.25) is 4.55 Å². The molecule has 2 aromatic carbocycles. The lowest BCUT2D eigenvalue weighted by Crippen LogP contribution is -2.11. The third kappa shape index (κ3) is 10.2. The van der Waals surface area contributed by atoms with Gasteiger partial charge < -0.3 is 10.9 Å². The van der Waals surface area contributed by atoms with Crippen molar-refractivity contribution in [2.75, 3.05) is 13.2 Å². The van der Waals surface area contributed by atoms with E-state index in [1.807, 2.05) is 12.1 Å². The summed E-state index contributed by atoms with van der Waals surface area (Å²) < 4.78 is 38.1. The highest BCUT2D eigenvalue weighted by Crippen LogP contribution is 2.21. The van der Waals surface area contributed by atoms with Crippen LogP contribution < -0.4 is 10.9 Å². The summed E-state index contributed by atoms with van der Waals surface area (Å²) in [7, 11) is -4.39. The highest BCUT2D eigenvalue weighted by Gasteiger charge is 2.05. The SMILES string of the molecule is C=Cc1ccccc1OCCOS(=O)(=O)O.CCC(CC)c1ccccc1.N. The van der Waals surface area contributed by atoms with E-state index in [9.17, 15) is 8.42 Å². The highest BCUT2D eigenvalue weighted by molar-refractivity contribution is 7.80. The Morgan fingerprint density at radius 1 is 1.00 bits per heavy atom. The van der Waals surface area contributed by atoms with Gasteiger partial charge in [0.2, 0.25) is 0 Å². The molecule has 0 fully saturated rings. The van der Waals surface area contributed by atoms with Gasteiger partial charge in [0.05, 0.1) is 0 Å². The largest absolute Gasteiger partial charge is 0.491 e. The van der Waals surface area contributed by atoms with Gasteiger partial charge in [-0.2, -0.15) is 8.42 Å². The molecular formula is C21H31NO5S. The third-order valence-corrected chi connectivity index (χ3v) is 4.43. The van der Waals surface area contributed by atoms with E-state index < -0.39 is 10.4 Å². The summed E-state index contributed by atoms with van der Waals surface area (Å²) in [5.74, 6) is 1.34. The number of hydrogen-bond donors (Lipinski definition) is 2. The van der Waals surface area contributed by atoms with Crippen LogP contribution >= 0.6 is 0 Å². The lowest BCUT2D eigenvalue weighted by molar-refractivity contribution is 0.201. The number of benzene rings is 2. The summed E-state index contributed by atoms with van der Waals surface area (Å²) in [5, 5.41) is 0. The van der Waals surface area contributed by atoms with E-state index in [0.29, 0.717) is 5.75 Å². The van der Waals surface area contributed by atoms with Gasteiger partial charge >= 0.3 is 10.4 Å². The Balaban J connectivity index is 0.000000535. The van der Waals surface area contributed by atoms with Crippen LogP contribution in [0.5, 0.6) is 5.75 Å². The number of rotatable bonds is 9. The van der Waals surface area contributed by atoms with Crippen molar-refractivity contribution >= 4 is 16.5 Å². The van der Waals surface area contributed by atoms with Crippen molar-refractivity contribution in [2.45, 2.75) is 32.6 Å². The molecule has 0 aromatic heterocycles. The molecule has 4 N–H and O–H groups in total. The predicted octanol–water partition coefficient (Wildman–Crippen LogP) is 5.28. The van der Waals surface area contributed by atoms with Crippen LogP contribution in [0.1, 0.15) is 43.7 Å². The van der Waals surface area contributed by atoms with Gasteiger partial charge in [-0.25, -0.2) is 4.18 Å². The lowest BCUT2D eigenvalue weighted by Gasteiger charge is -2.11. The molecule has 0 bridgehead atoms. The molecule has 0 unspecified atom stereocenters. The fourth-order valence-corrected chi connectivity index (χ4v) is 2.84. The topological polar surface area (TPSA) is 108 Å². The molecule has 6 nitrogen and oxygen atoms in total. The van der Waals surface area contributed by atoms with Crippen molar-refractivity contribution in [1.29, 1.82) is 0 Å². The molecule has 156 valence electrons. The van der Waals surface area contributed by atoms with Crippen molar-refractivity contribution in [3.05, 3.63) is 72.3 Å². The summed E-state index contributed by atoms with van der Waals surface area (Å²) in [4.78, 5) is 0. The molecule has 7 heteroatoms. The number of para-hydroxylation sites is 1. The molecule has 0 heterocycles. The molecule has 28 heavy (non-hydrogen) atoms. The maximum atomic E-state index is 10.2. The van der Waals surface area contributed by atoms with Gasteiger partial charge in [0.1, 0.15) is 19.0 Å². The van der Waals surface area contributed by atoms with Crippen LogP contribution in [0.3, 0.4) is 0 Å². The maximum absolute atomic E-state index is 10.2. The van der Waals surface area contributed by atoms with Crippen LogP contribution in [0.2, 0.25) is 0 Å². The van der Waals surface area contributed by atoms with Crippen LogP contribution in [0.15, 0.2) is 61.2 Å². The molecule has 0 aliphatic carbocycles. The minimum absolute atomic E-state index is 0. The standard InChI is InChI=1S/C11H16.C10H12O5S.H3N/c1-3-10(4-2)11-8-6-5-7-9-11;1-2-9-5-3-4-6-10(9)14-7-8-15-16(11,12)13;/h5-10H,3-4H2,1-2H3;2-6H,1,7-8H2,(H,11,12,13);1H3. The first-order valence-electron chi connectivity index (χ1n) is 8.92. The molecule has 0 aliphatic rings. The fraction of sp³-hybridized carbons (Fsp3) is 0.333. The maximum Gasteiger partial charge on any atom is 0.397 e. The van der Waals surface area contributed by atoms with E-state index in [2.05, 4.69) is 54.9 Å². The summed E-state index contributed by atoms with van der Waals surface area (Å²) in [6.45, 7) is 7.89. The van der Waals surface area contributed by atoms with Gasteiger partial charge in [-0.1, -0.05) is 75.0 Å². The van der Waals surface area contributed by atoms with Crippen LogP contribution in [0.25, 0.3) is 6.08 Å². The monoisotopic (exact) mass is 409 g/mol. The molecule has 2 rings (SSSR count). The predicted molar refractivity (Wildman–Crippen MR) is 114 cm³/mol. The Bertz CT molecular complexity index is 774. The Morgan fingerprint density at radius 3 is 2.11 bits per heavy atom. The normalized spacial score (nSPS) is 10.4. The first-order chi connectivity index (χ1) is 12.9. The summed E-state index contributed by atoms with van der Waals surface area (Å²) in [6, 6.07) is 17.9. The lowest BCUT2D eigenvalue weighted by atomic mass is 9.94. The zero-order valence-corrected chi connectivity index (χ0v) is 17.4. The Kier molecular flexibility index (Phi) is 12.8. The fourth-order valence-electron chi connectivity index (χ4n) is 2.56. The van der Waals surface area contributed by atoms with E-state index in [1.54, 1.807) is 18.2 Å². The molecule has 0 atom stereocenters. The molecule has 0 aliphatic heterocycles. The average Bonchev–Trinajstić information content (AvgIpc) is 2.67. The van der Waals surface area contributed by atoms with Crippen molar-refractivity contribution in [2.24, 2.45) is 0 Å². The summed E-state index contributed by atoms with van der Waals surface area (Å²) in [5.41, 5.74) is 2.28. The Labute approximate surface area is 168 Å². The zero-order valence-electron chi connectivity index (χ0n) is 16.6. The van der Waals surface area contributed by atoms with Gasteiger partial charge in [-0.15, -0.1) is 0 Å². The summed E-state index contributed by atoms with van der Waals surface area (Å²) in [6.07, 6.45) is 4.13. The van der Waals surface area contributed by atoms with Gasteiger partial charge in [0.25, 0.3) is 0 Å². The van der Waals surface area contributed by atoms with Crippen molar-refractivity contribution in [3.8, 4) is 5.75 Å². The average molecular weight is 410 g/mol. The van der Waals surface area contributed by atoms with Gasteiger partial charge in [-0.05, 0) is 30.4 Å².